The maximum Gasteiger partial charge on any atom is 0.331 e. The fraction of sp³-hybridized carbons (Fsp3) is 0.722. The number of aromatic nitrogens is 2. The Morgan fingerprint density at radius 1 is 1.12 bits per heavy atom. The lowest BCUT2D eigenvalue weighted by Gasteiger charge is -2.27. The van der Waals surface area contributed by atoms with E-state index in [0.29, 0.717) is 5.71 Å². The summed E-state index contributed by atoms with van der Waals surface area (Å²) >= 11 is 0. The Morgan fingerprint density at radius 2 is 1.76 bits per heavy atom. The predicted octanol–water partition coefficient (Wildman–Crippen LogP) is 1.83. The van der Waals surface area contributed by atoms with Crippen LogP contribution >= 0.6 is 0 Å². The Bertz CT molecular complexity index is 759. The largest absolute Gasteiger partial charge is 0.494 e. The maximum atomic E-state index is 12.3. The summed E-state index contributed by atoms with van der Waals surface area (Å²) in [7, 11) is 0. The summed E-state index contributed by atoms with van der Waals surface area (Å²) in [5.41, 5.74) is 5.57. The van der Waals surface area contributed by atoms with Crippen LogP contribution in [0.5, 0.6) is 5.88 Å². The van der Waals surface area contributed by atoms with E-state index in [0.717, 1.165) is 57.8 Å². The number of H-pyrrole nitrogens is 1. The van der Waals surface area contributed by atoms with Crippen LogP contribution in [0.2, 0.25) is 0 Å². The molecule has 1 aromatic rings. The van der Waals surface area contributed by atoms with Gasteiger partial charge in [0.05, 0.1) is 11.8 Å². The first-order valence-corrected chi connectivity index (χ1v) is 9.37. The zero-order chi connectivity index (χ0) is 18.0. The van der Waals surface area contributed by atoms with Gasteiger partial charge in [0.15, 0.2) is 0 Å². The topological polar surface area (TPSA) is 113 Å². The number of nitrogens with one attached hydrogen (secondary N) is 1. The minimum atomic E-state index is -0.583. The van der Waals surface area contributed by atoms with Crippen LogP contribution in [-0.2, 0) is 0 Å². The number of rotatable bonds is 3. The molecule has 0 aromatic carbocycles. The van der Waals surface area contributed by atoms with E-state index in [2.05, 4.69) is 9.98 Å². The summed E-state index contributed by atoms with van der Waals surface area (Å²) in [4.78, 5) is 31.6. The van der Waals surface area contributed by atoms with Crippen LogP contribution in [0.4, 0.5) is 0 Å². The smallest absolute Gasteiger partial charge is 0.331 e. The molecule has 1 heterocycles. The standard InChI is InChI=1S/C18H28N4O3/c1-11(20-14-10-6-5-9-13(14)19)15-16(23)21-18(25)22(17(15)24)12-7-3-2-4-8-12/h12-14,24H,2-10,19H2,1H3,(H,21,23,25)/t13-,14-/m0/s1. The molecule has 7 heteroatoms. The van der Waals surface area contributed by atoms with Gasteiger partial charge in [-0.25, -0.2) is 4.79 Å². The Morgan fingerprint density at radius 3 is 2.44 bits per heavy atom. The van der Waals surface area contributed by atoms with Gasteiger partial charge in [-0.3, -0.25) is 19.3 Å². The second kappa shape index (κ2) is 7.56. The molecule has 0 unspecified atom stereocenters. The number of nitrogens with zero attached hydrogens (tertiary/aromatic N) is 2. The van der Waals surface area contributed by atoms with Crippen molar-refractivity contribution >= 4 is 5.71 Å². The molecule has 1 aromatic heterocycles. The number of hydrogen-bond donors (Lipinski definition) is 3. The van der Waals surface area contributed by atoms with Gasteiger partial charge in [-0.2, -0.15) is 0 Å². The summed E-state index contributed by atoms with van der Waals surface area (Å²) in [5.74, 6) is -0.258. The fourth-order valence-corrected chi connectivity index (χ4v) is 4.16. The third kappa shape index (κ3) is 3.71. The zero-order valence-electron chi connectivity index (χ0n) is 14.8. The van der Waals surface area contributed by atoms with Gasteiger partial charge in [0.25, 0.3) is 5.56 Å². The molecule has 2 aliphatic carbocycles. The van der Waals surface area contributed by atoms with Crippen molar-refractivity contribution in [3.63, 3.8) is 0 Å². The molecule has 2 saturated carbocycles. The first kappa shape index (κ1) is 17.9. The molecule has 138 valence electrons. The van der Waals surface area contributed by atoms with Crippen LogP contribution in [-0.4, -0.2) is 32.5 Å². The van der Waals surface area contributed by atoms with Gasteiger partial charge in [0.2, 0.25) is 5.88 Å². The zero-order valence-corrected chi connectivity index (χ0v) is 14.8. The molecule has 7 nitrogen and oxygen atoms in total. The van der Waals surface area contributed by atoms with Gasteiger partial charge in [0.1, 0.15) is 5.56 Å². The lowest BCUT2D eigenvalue weighted by molar-refractivity contribution is 0.298. The highest BCUT2D eigenvalue weighted by molar-refractivity contribution is 6.00. The first-order chi connectivity index (χ1) is 12.0. The number of aromatic amines is 1. The highest BCUT2D eigenvalue weighted by Gasteiger charge is 2.26. The molecular formula is C18H28N4O3. The van der Waals surface area contributed by atoms with E-state index in [1.807, 2.05) is 0 Å². The number of aliphatic imine (C=N–C) groups is 1. The average Bonchev–Trinajstić information content (AvgIpc) is 2.57. The molecule has 2 fully saturated rings. The van der Waals surface area contributed by atoms with Crippen molar-refractivity contribution in [3.05, 3.63) is 26.4 Å². The molecule has 25 heavy (non-hydrogen) atoms. The quantitative estimate of drug-likeness (QED) is 0.723. The van der Waals surface area contributed by atoms with Gasteiger partial charge in [0, 0.05) is 12.1 Å². The first-order valence-electron chi connectivity index (χ1n) is 9.37. The summed E-state index contributed by atoms with van der Waals surface area (Å²) < 4.78 is 1.34. The van der Waals surface area contributed by atoms with Crippen molar-refractivity contribution in [2.24, 2.45) is 10.7 Å². The predicted molar refractivity (Wildman–Crippen MR) is 97.6 cm³/mol. The Labute approximate surface area is 147 Å². The van der Waals surface area contributed by atoms with Crippen LogP contribution in [0.1, 0.15) is 76.3 Å². The van der Waals surface area contributed by atoms with Crippen molar-refractivity contribution in [2.45, 2.75) is 82.8 Å². The molecule has 2 aliphatic rings. The van der Waals surface area contributed by atoms with Crippen LogP contribution in [0.15, 0.2) is 14.6 Å². The fourth-order valence-electron chi connectivity index (χ4n) is 4.16. The minimum absolute atomic E-state index is 0.0193. The van der Waals surface area contributed by atoms with Gasteiger partial charge in [-0.05, 0) is 32.6 Å². The van der Waals surface area contributed by atoms with E-state index < -0.39 is 11.2 Å². The van der Waals surface area contributed by atoms with Crippen molar-refractivity contribution in [1.82, 2.24) is 9.55 Å². The Hall–Kier alpha value is -1.89. The summed E-state index contributed by atoms with van der Waals surface area (Å²) in [6.07, 6.45) is 8.84. The van der Waals surface area contributed by atoms with Gasteiger partial charge in [-0.1, -0.05) is 32.1 Å². The Kier molecular flexibility index (Phi) is 5.42. The second-order valence-corrected chi connectivity index (χ2v) is 7.35. The van der Waals surface area contributed by atoms with E-state index in [1.54, 1.807) is 6.92 Å². The molecule has 0 bridgehead atoms. The molecule has 0 saturated heterocycles. The van der Waals surface area contributed by atoms with Crippen LogP contribution < -0.4 is 17.0 Å². The van der Waals surface area contributed by atoms with Gasteiger partial charge in [-0.15, -0.1) is 0 Å². The van der Waals surface area contributed by atoms with Crippen LogP contribution in [0, 0.1) is 0 Å². The molecule has 3 rings (SSSR count). The van der Waals surface area contributed by atoms with E-state index >= 15 is 0 Å². The van der Waals surface area contributed by atoms with E-state index in [-0.39, 0.29) is 29.6 Å². The SMILES string of the molecule is CC(=N[C@H]1CCCC[C@@H]1N)c1c(O)n(C2CCCCC2)c(=O)[nH]c1=O. The molecule has 4 N–H and O–H groups in total. The van der Waals surface area contributed by atoms with Gasteiger partial charge < -0.3 is 10.8 Å². The second-order valence-electron chi connectivity index (χ2n) is 7.35. The van der Waals surface area contributed by atoms with Gasteiger partial charge >= 0.3 is 5.69 Å². The van der Waals surface area contributed by atoms with Crippen LogP contribution in [0.25, 0.3) is 0 Å². The molecule has 2 atom stereocenters. The maximum absolute atomic E-state index is 12.3. The summed E-state index contributed by atoms with van der Waals surface area (Å²) in [6.45, 7) is 1.71. The molecular weight excluding hydrogens is 320 g/mol. The highest BCUT2D eigenvalue weighted by atomic mass is 16.3. The average molecular weight is 348 g/mol. The molecule has 0 radical (unpaired) electrons. The van der Waals surface area contributed by atoms with Crippen molar-refractivity contribution < 1.29 is 5.11 Å². The third-order valence-corrected chi connectivity index (χ3v) is 5.56. The number of aromatic hydroxyl groups is 1. The lowest BCUT2D eigenvalue weighted by Crippen LogP contribution is -2.38. The van der Waals surface area contributed by atoms with Crippen molar-refractivity contribution in [2.75, 3.05) is 0 Å². The van der Waals surface area contributed by atoms with E-state index in [9.17, 15) is 14.7 Å². The normalized spacial score (nSPS) is 25.9. The molecule has 0 aliphatic heterocycles. The molecule has 0 spiro atoms. The summed E-state index contributed by atoms with van der Waals surface area (Å²) in [5, 5.41) is 10.7. The van der Waals surface area contributed by atoms with Crippen LogP contribution in [0.3, 0.4) is 0 Å². The Balaban J connectivity index is 2.00. The van der Waals surface area contributed by atoms with E-state index in [1.165, 1.54) is 4.57 Å². The lowest BCUT2D eigenvalue weighted by atomic mass is 9.91. The van der Waals surface area contributed by atoms with E-state index in [4.69, 9.17) is 5.73 Å². The van der Waals surface area contributed by atoms with Crippen molar-refractivity contribution in [1.29, 1.82) is 0 Å². The minimum Gasteiger partial charge on any atom is -0.494 e. The number of nitrogens with two attached hydrogens (primary N) is 1. The third-order valence-electron chi connectivity index (χ3n) is 5.56. The molecule has 0 amide bonds. The van der Waals surface area contributed by atoms with Crippen molar-refractivity contribution in [3.8, 4) is 5.88 Å². The number of hydrogen-bond acceptors (Lipinski definition) is 5. The summed E-state index contributed by atoms with van der Waals surface area (Å²) in [6, 6.07) is -0.127. The monoisotopic (exact) mass is 348 g/mol. The highest BCUT2D eigenvalue weighted by Crippen LogP contribution is 2.30.